The molecule has 0 aliphatic carbocycles. The SMILES string of the molecule is COc1ccc(NC(=O)C2CCN(S(=O)(=O)c3ccc(SC)cc3)CC2)cc1. The van der Waals surface area contributed by atoms with E-state index in [1.807, 2.05) is 18.4 Å². The number of methoxy groups -OCH3 is 1. The van der Waals surface area contributed by atoms with Crippen LogP contribution in [0.5, 0.6) is 5.75 Å². The fourth-order valence-electron chi connectivity index (χ4n) is 3.17. The van der Waals surface area contributed by atoms with Crippen LogP contribution in [0.25, 0.3) is 0 Å². The predicted octanol–water partition coefficient (Wildman–Crippen LogP) is 3.46. The van der Waals surface area contributed by atoms with E-state index in [4.69, 9.17) is 4.74 Å². The van der Waals surface area contributed by atoms with E-state index in [0.29, 0.717) is 36.5 Å². The number of hydrogen-bond donors (Lipinski definition) is 1. The zero-order valence-electron chi connectivity index (χ0n) is 15.9. The summed E-state index contributed by atoms with van der Waals surface area (Å²) in [6.07, 6.45) is 2.96. The first-order valence-corrected chi connectivity index (χ1v) is 11.7. The number of amides is 1. The van der Waals surface area contributed by atoms with Crippen LogP contribution in [0.1, 0.15) is 12.8 Å². The topological polar surface area (TPSA) is 75.7 Å². The molecule has 0 spiro atoms. The Kier molecular flexibility index (Phi) is 6.64. The van der Waals surface area contributed by atoms with Crippen molar-refractivity contribution in [3.63, 3.8) is 0 Å². The lowest BCUT2D eigenvalue weighted by Gasteiger charge is -2.30. The molecule has 6 nitrogen and oxygen atoms in total. The number of rotatable bonds is 6. The highest BCUT2D eigenvalue weighted by molar-refractivity contribution is 7.98. The van der Waals surface area contributed by atoms with Gasteiger partial charge in [-0.2, -0.15) is 4.31 Å². The second-order valence-corrected chi connectivity index (χ2v) is 9.39. The summed E-state index contributed by atoms with van der Waals surface area (Å²) in [5, 5.41) is 2.90. The van der Waals surface area contributed by atoms with Gasteiger partial charge in [0, 0.05) is 29.6 Å². The Balaban J connectivity index is 1.58. The molecular formula is C20H24N2O4S2. The highest BCUT2D eigenvalue weighted by Crippen LogP contribution is 2.26. The lowest BCUT2D eigenvalue weighted by Crippen LogP contribution is -2.41. The summed E-state index contributed by atoms with van der Waals surface area (Å²) in [5.41, 5.74) is 0.703. The van der Waals surface area contributed by atoms with Gasteiger partial charge >= 0.3 is 0 Å². The minimum Gasteiger partial charge on any atom is -0.497 e. The molecular weight excluding hydrogens is 396 g/mol. The third-order valence-corrected chi connectivity index (χ3v) is 7.54. The maximum atomic E-state index is 12.8. The van der Waals surface area contributed by atoms with Crippen molar-refractivity contribution in [3.05, 3.63) is 48.5 Å². The summed E-state index contributed by atoms with van der Waals surface area (Å²) < 4.78 is 32.2. The molecule has 1 N–H and O–H groups in total. The number of benzene rings is 2. The summed E-state index contributed by atoms with van der Waals surface area (Å²) in [6.45, 7) is 0.681. The van der Waals surface area contributed by atoms with Gasteiger partial charge < -0.3 is 10.1 Å². The molecule has 1 heterocycles. The number of nitrogens with zero attached hydrogens (tertiary/aromatic N) is 1. The van der Waals surface area contributed by atoms with Crippen LogP contribution in [0.3, 0.4) is 0 Å². The van der Waals surface area contributed by atoms with Crippen LogP contribution < -0.4 is 10.1 Å². The molecule has 1 saturated heterocycles. The van der Waals surface area contributed by atoms with Crippen molar-refractivity contribution >= 4 is 33.4 Å². The van der Waals surface area contributed by atoms with Gasteiger partial charge in [0.1, 0.15) is 5.75 Å². The van der Waals surface area contributed by atoms with Crippen molar-refractivity contribution in [2.45, 2.75) is 22.6 Å². The lowest BCUT2D eigenvalue weighted by molar-refractivity contribution is -0.120. The normalized spacial score (nSPS) is 15.9. The van der Waals surface area contributed by atoms with Crippen LogP contribution in [-0.2, 0) is 14.8 Å². The van der Waals surface area contributed by atoms with Crippen molar-refractivity contribution < 1.29 is 17.9 Å². The van der Waals surface area contributed by atoms with Gasteiger partial charge in [-0.1, -0.05) is 0 Å². The van der Waals surface area contributed by atoms with Gasteiger partial charge in [0.25, 0.3) is 0 Å². The van der Waals surface area contributed by atoms with E-state index < -0.39 is 10.0 Å². The van der Waals surface area contributed by atoms with Crippen LogP contribution in [0.2, 0.25) is 0 Å². The molecule has 1 fully saturated rings. The van der Waals surface area contributed by atoms with Crippen LogP contribution in [0, 0.1) is 5.92 Å². The first kappa shape index (κ1) is 20.7. The Labute approximate surface area is 170 Å². The number of ether oxygens (including phenoxy) is 1. The summed E-state index contributed by atoms with van der Waals surface area (Å²) in [6, 6.07) is 14.1. The second kappa shape index (κ2) is 8.98. The average molecular weight is 421 g/mol. The van der Waals surface area contributed by atoms with Crippen molar-refractivity contribution in [1.82, 2.24) is 4.31 Å². The van der Waals surface area contributed by atoms with Crippen molar-refractivity contribution in [1.29, 1.82) is 0 Å². The summed E-state index contributed by atoms with van der Waals surface area (Å²) in [5.74, 6) is 0.445. The molecule has 1 aliphatic rings. The summed E-state index contributed by atoms with van der Waals surface area (Å²) >= 11 is 1.57. The molecule has 150 valence electrons. The lowest BCUT2D eigenvalue weighted by atomic mass is 9.97. The Morgan fingerprint density at radius 1 is 1.07 bits per heavy atom. The Morgan fingerprint density at radius 2 is 1.68 bits per heavy atom. The molecule has 2 aromatic rings. The Bertz CT molecular complexity index is 904. The maximum absolute atomic E-state index is 12.8. The van der Waals surface area contributed by atoms with Crippen molar-refractivity contribution in [2.24, 2.45) is 5.92 Å². The quantitative estimate of drug-likeness (QED) is 0.725. The number of nitrogens with one attached hydrogen (secondary N) is 1. The Morgan fingerprint density at radius 3 is 2.21 bits per heavy atom. The van der Waals surface area contributed by atoms with Gasteiger partial charge in [-0.15, -0.1) is 11.8 Å². The smallest absolute Gasteiger partial charge is 0.243 e. The fourth-order valence-corrected chi connectivity index (χ4v) is 5.05. The third kappa shape index (κ3) is 4.68. The van der Waals surface area contributed by atoms with Crippen molar-refractivity contribution in [3.8, 4) is 5.75 Å². The molecule has 0 saturated carbocycles. The number of carbonyl (C=O) groups is 1. The molecule has 1 amide bonds. The third-order valence-electron chi connectivity index (χ3n) is 4.88. The Hall–Kier alpha value is -2.03. The van der Waals surface area contributed by atoms with E-state index in [1.165, 1.54) is 4.31 Å². The molecule has 3 rings (SSSR count). The van der Waals surface area contributed by atoms with Crippen molar-refractivity contribution in [2.75, 3.05) is 31.8 Å². The minimum atomic E-state index is -3.52. The van der Waals surface area contributed by atoms with E-state index in [-0.39, 0.29) is 11.8 Å². The highest BCUT2D eigenvalue weighted by Gasteiger charge is 2.32. The highest BCUT2D eigenvalue weighted by atomic mass is 32.2. The van der Waals surface area contributed by atoms with Crippen LogP contribution in [0.15, 0.2) is 58.3 Å². The van der Waals surface area contributed by atoms with Gasteiger partial charge in [-0.3, -0.25) is 4.79 Å². The standard InChI is InChI=1S/C20H24N2O4S2/c1-26-17-5-3-16(4-6-17)21-20(23)15-11-13-22(14-12-15)28(24,25)19-9-7-18(27-2)8-10-19/h3-10,15H,11-14H2,1-2H3,(H,21,23). The summed E-state index contributed by atoms with van der Waals surface area (Å²) in [4.78, 5) is 13.8. The first-order valence-electron chi connectivity index (χ1n) is 9.03. The molecule has 0 radical (unpaired) electrons. The number of hydrogen-bond acceptors (Lipinski definition) is 5. The molecule has 8 heteroatoms. The second-order valence-electron chi connectivity index (χ2n) is 6.57. The van der Waals surface area contributed by atoms with E-state index in [2.05, 4.69) is 5.32 Å². The van der Waals surface area contributed by atoms with E-state index in [9.17, 15) is 13.2 Å². The molecule has 0 atom stereocenters. The molecule has 2 aromatic carbocycles. The van der Waals surface area contributed by atoms with Gasteiger partial charge in [0.15, 0.2) is 0 Å². The van der Waals surface area contributed by atoms with Gasteiger partial charge in [0.05, 0.1) is 12.0 Å². The monoisotopic (exact) mass is 420 g/mol. The fraction of sp³-hybridized carbons (Fsp3) is 0.350. The van der Waals surface area contributed by atoms with Crippen LogP contribution in [-0.4, -0.2) is 45.1 Å². The first-order chi connectivity index (χ1) is 13.4. The van der Waals surface area contributed by atoms with E-state index in [0.717, 1.165) is 10.6 Å². The molecule has 28 heavy (non-hydrogen) atoms. The van der Waals surface area contributed by atoms with E-state index >= 15 is 0 Å². The summed E-state index contributed by atoms with van der Waals surface area (Å²) in [7, 11) is -1.93. The zero-order chi connectivity index (χ0) is 20.1. The van der Waals surface area contributed by atoms with Gasteiger partial charge in [-0.25, -0.2) is 8.42 Å². The molecule has 0 aromatic heterocycles. The minimum absolute atomic E-state index is 0.0773. The van der Waals surface area contributed by atoms with Gasteiger partial charge in [0.2, 0.25) is 15.9 Å². The molecule has 0 unspecified atom stereocenters. The number of anilines is 1. The molecule has 1 aliphatic heterocycles. The number of thioether (sulfide) groups is 1. The number of piperidine rings is 1. The molecule has 0 bridgehead atoms. The maximum Gasteiger partial charge on any atom is 0.243 e. The van der Waals surface area contributed by atoms with Crippen LogP contribution in [0.4, 0.5) is 5.69 Å². The predicted molar refractivity (Wildman–Crippen MR) is 111 cm³/mol. The number of carbonyl (C=O) groups excluding carboxylic acids is 1. The largest absolute Gasteiger partial charge is 0.497 e. The van der Waals surface area contributed by atoms with Crippen LogP contribution >= 0.6 is 11.8 Å². The number of sulfonamides is 1. The zero-order valence-corrected chi connectivity index (χ0v) is 17.6. The van der Waals surface area contributed by atoms with E-state index in [1.54, 1.807) is 55.3 Å². The van der Waals surface area contributed by atoms with Gasteiger partial charge in [-0.05, 0) is 67.6 Å². The average Bonchev–Trinajstić information content (AvgIpc) is 2.74.